The average Bonchev–Trinajstić information content (AvgIpc) is 2.86. The molecule has 0 spiro atoms. The summed E-state index contributed by atoms with van der Waals surface area (Å²) in [5.74, 6) is 6.12. The van der Waals surface area contributed by atoms with Gasteiger partial charge < -0.3 is 9.84 Å². The molecule has 37 heavy (non-hydrogen) atoms. The number of nitrogens with zero attached hydrogens (tertiary/aromatic N) is 2. The van der Waals surface area contributed by atoms with Crippen LogP contribution in [0, 0.1) is 23.7 Å². The summed E-state index contributed by atoms with van der Waals surface area (Å²) in [5, 5.41) is 11.3. The van der Waals surface area contributed by atoms with Crippen LogP contribution in [0.15, 0.2) is 48.7 Å². The van der Waals surface area contributed by atoms with Crippen LogP contribution in [0.25, 0.3) is 10.9 Å². The minimum atomic E-state index is -1.17. The number of ether oxygens (including phenoxy) is 1. The highest BCUT2D eigenvalue weighted by atomic mass is 35.5. The number of rotatable bonds is 8. The van der Waals surface area contributed by atoms with E-state index in [1.165, 1.54) is 0 Å². The largest absolute Gasteiger partial charge is 0.497 e. The lowest BCUT2D eigenvalue weighted by atomic mass is 9.79. The van der Waals surface area contributed by atoms with E-state index in [9.17, 15) is 9.90 Å². The lowest BCUT2D eigenvalue weighted by molar-refractivity contribution is -0.139. The molecular formula is C29H29Cl2FN2O3. The van der Waals surface area contributed by atoms with Gasteiger partial charge in [0.15, 0.2) is 0 Å². The molecule has 1 saturated heterocycles. The van der Waals surface area contributed by atoms with Crippen molar-refractivity contribution in [3.63, 3.8) is 0 Å². The van der Waals surface area contributed by atoms with Gasteiger partial charge in [0.2, 0.25) is 0 Å². The molecule has 5 nitrogen and oxygen atoms in total. The number of likely N-dealkylation sites (tertiary alicyclic amines) is 1. The number of methoxy groups -OCH3 is 1. The average molecular weight is 543 g/mol. The second-order valence-electron chi connectivity index (χ2n) is 9.43. The SMILES string of the molecule is COc1ccc2nccc(C(F)CC[C@@H]3CCN(CC#Cc4cc(Cl)cc(Cl)c4)C[C@@H]3CC(=O)O)c2c1. The van der Waals surface area contributed by atoms with Crippen LogP contribution in [0.1, 0.15) is 43.0 Å². The number of carboxylic acid groups (broad SMARTS) is 1. The Morgan fingerprint density at radius 2 is 2.00 bits per heavy atom. The molecule has 3 atom stereocenters. The van der Waals surface area contributed by atoms with E-state index in [4.69, 9.17) is 27.9 Å². The smallest absolute Gasteiger partial charge is 0.303 e. The molecule has 0 aliphatic carbocycles. The highest BCUT2D eigenvalue weighted by Gasteiger charge is 2.31. The fourth-order valence-corrected chi connectivity index (χ4v) is 5.60. The van der Waals surface area contributed by atoms with Crippen LogP contribution in [-0.4, -0.2) is 47.7 Å². The van der Waals surface area contributed by atoms with Crippen LogP contribution in [0.3, 0.4) is 0 Å². The van der Waals surface area contributed by atoms with Crippen LogP contribution in [0.4, 0.5) is 4.39 Å². The van der Waals surface area contributed by atoms with Crippen molar-refractivity contribution in [1.29, 1.82) is 0 Å². The third-order valence-corrected chi connectivity index (χ3v) is 7.36. The van der Waals surface area contributed by atoms with Crippen molar-refractivity contribution in [2.45, 2.75) is 31.9 Å². The number of pyridine rings is 1. The van der Waals surface area contributed by atoms with Gasteiger partial charge in [-0.25, -0.2) is 4.39 Å². The predicted octanol–water partition coefficient (Wildman–Crippen LogP) is 6.81. The first-order valence-electron chi connectivity index (χ1n) is 12.3. The fourth-order valence-electron chi connectivity index (χ4n) is 5.08. The van der Waals surface area contributed by atoms with E-state index < -0.39 is 12.1 Å². The van der Waals surface area contributed by atoms with E-state index in [0.29, 0.717) is 47.3 Å². The summed E-state index contributed by atoms with van der Waals surface area (Å²) in [5.41, 5.74) is 2.05. The molecule has 1 aliphatic rings. The number of benzene rings is 2. The van der Waals surface area contributed by atoms with Gasteiger partial charge >= 0.3 is 5.97 Å². The summed E-state index contributed by atoms with van der Waals surface area (Å²) >= 11 is 12.1. The molecule has 0 bridgehead atoms. The first-order valence-corrected chi connectivity index (χ1v) is 13.0. The molecule has 0 radical (unpaired) electrons. The third kappa shape index (κ3) is 7.35. The fraction of sp³-hybridized carbons (Fsp3) is 0.379. The van der Waals surface area contributed by atoms with E-state index in [0.717, 1.165) is 29.4 Å². The Morgan fingerprint density at radius 1 is 1.22 bits per heavy atom. The summed E-state index contributed by atoms with van der Waals surface area (Å²) in [4.78, 5) is 18.1. The van der Waals surface area contributed by atoms with Gasteiger partial charge in [-0.3, -0.25) is 14.7 Å². The van der Waals surface area contributed by atoms with Gasteiger partial charge in [0.1, 0.15) is 11.9 Å². The predicted molar refractivity (Wildman–Crippen MR) is 145 cm³/mol. The highest BCUT2D eigenvalue weighted by Crippen LogP contribution is 2.36. The molecule has 194 valence electrons. The second kappa shape index (κ2) is 12.6. The number of aliphatic carboxylic acids is 1. The number of aromatic nitrogens is 1. The Hall–Kier alpha value is -2.85. The van der Waals surface area contributed by atoms with Gasteiger partial charge in [-0.1, -0.05) is 35.0 Å². The van der Waals surface area contributed by atoms with Gasteiger partial charge in [0, 0.05) is 40.2 Å². The first-order chi connectivity index (χ1) is 17.8. The summed E-state index contributed by atoms with van der Waals surface area (Å²) in [6.07, 6.45) is 2.27. The number of halogens is 3. The molecule has 1 aliphatic heterocycles. The zero-order chi connectivity index (χ0) is 26.4. The lowest BCUT2D eigenvalue weighted by Crippen LogP contribution is -2.41. The van der Waals surface area contributed by atoms with Gasteiger partial charge in [-0.05, 0) is 85.7 Å². The van der Waals surface area contributed by atoms with E-state index >= 15 is 4.39 Å². The van der Waals surface area contributed by atoms with Crippen LogP contribution in [0.5, 0.6) is 5.75 Å². The number of carbonyl (C=O) groups is 1. The number of fused-ring (bicyclic) bond motifs is 1. The van der Waals surface area contributed by atoms with Crippen molar-refractivity contribution < 1.29 is 19.0 Å². The minimum Gasteiger partial charge on any atom is -0.497 e. The maximum atomic E-state index is 15.5. The Labute approximate surface area is 226 Å². The second-order valence-corrected chi connectivity index (χ2v) is 10.3. The molecule has 4 rings (SSSR count). The summed E-state index contributed by atoms with van der Waals surface area (Å²) in [7, 11) is 1.58. The third-order valence-electron chi connectivity index (χ3n) is 6.92. The zero-order valence-electron chi connectivity index (χ0n) is 20.6. The highest BCUT2D eigenvalue weighted by molar-refractivity contribution is 6.34. The molecule has 8 heteroatoms. The normalized spacial score (nSPS) is 18.7. The monoisotopic (exact) mass is 542 g/mol. The molecule has 1 unspecified atom stereocenters. The Balaban J connectivity index is 1.39. The summed E-state index contributed by atoms with van der Waals surface area (Å²) in [6.45, 7) is 1.93. The molecule has 1 N–H and O–H groups in total. The van der Waals surface area contributed by atoms with E-state index in [-0.39, 0.29) is 18.3 Å². The van der Waals surface area contributed by atoms with Crippen molar-refractivity contribution in [3.05, 3.63) is 69.8 Å². The number of carboxylic acids is 1. The van der Waals surface area contributed by atoms with Crippen molar-refractivity contribution in [2.24, 2.45) is 11.8 Å². The van der Waals surface area contributed by atoms with Crippen molar-refractivity contribution in [3.8, 4) is 17.6 Å². The van der Waals surface area contributed by atoms with Gasteiger partial charge in [-0.15, -0.1) is 0 Å². The quantitative estimate of drug-likeness (QED) is 0.317. The molecule has 1 fully saturated rings. The van der Waals surface area contributed by atoms with Crippen molar-refractivity contribution >= 4 is 40.1 Å². The summed E-state index contributed by atoms with van der Waals surface area (Å²) in [6, 6.07) is 12.3. The number of hydrogen-bond acceptors (Lipinski definition) is 4. The first kappa shape index (κ1) is 27.2. The molecule has 0 amide bonds. The Bertz CT molecular complexity index is 1300. The lowest BCUT2D eigenvalue weighted by Gasteiger charge is -2.37. The Morgan fingerprint density at radius 3 is 2.73 bits per heavy atom. The molecule has 2 aromatic carbocycles. The standard InChI is InChI=1S/C29H29Cl2FN2O3/c1-37-24-5-7-28-26(17-24)25(8-10-33-28)27(32)6-4-20-9-12-34(18-21(20)15-29(35)36)11-2-3-19-13-22(30)16-23(31)14-19/h5,7-8,10,13-14,16-17,20-21,27H,4,6,9,11-12,15,18H2,1H3,(H,35,36)/t20-,21+,27?/m1/s1. The molecule has 2 heterocycles. The van der Waals surface area contributed by atoms with Crippen LogP contribution < -0.4 is 4.74 Å². The molecule has 1 aromatic heterocycles. The van der Waals surface area contributed by atoms with Crippen LogP contribution in [-0.2, 0) is 4.79 Å². The molecule has 3 aromatic rings. The van der Waals surface area contributed by atoms with Gasteiger partial charge in [-0.2, -0.15) is 0 Å². The maximum Gasteiger partial charge on any atom is 0.303 e. The van der Waals surface area contributed by atoms with Crippen molar-refractivity contribution in [1.82, 2.24) is 9.88 Å². The number of alkyl halides is 1. The van der Waals surface area contributed by atoms with E-state index in [2.05, 4.69) is 21.7 Å². The van der Waals surface area contributed by atoms with Crippen molar-refractivity contribution in [2.75, 3.05) is 26.7 Å². The Kier molecular flexibility index (Phi) is 9.26. The molecular weight excluding hydrogens is 514 g/mol. The van der Waals surface area contributed by atoms with Gasteiger partial charge in [0.25, 0.3) is 0 Å². The number of piperidine rings is 1. The van der Waals surface area contributed by atoms with E-state index in [1.807, 2.05) is 18.2 Å². The topological polar surface area (TPSA) is 62.7 Å². The summed E-state index contributed by atoms with van der Waals surface area (Å²) < 4.78 is 20.8. The molecule has 0 saturated carbocycles. The number of hydrogen-bond donors (Lipinski definition) is 1. The zero-order valence-corrected chi connectivity index (χ0v) is 22.1. The van der Waals surface area contributed by atoms with Crippen LogP contribution in [0.2, 0.25) is 10.0 Å². The van der Waals surface area contributed by atoms with E-state index in [1.54, 1.807) is 37.6 Å². The van der Waals surface area contributed by atoms with Gasteiger partial charge in [0.05, 0.1) is 19.2 Å². The minimum absolute atomic E-state index is 0.0601. The maximum absolute atomic E-state index is 15.5. The van der Waals surface area contributed by atoms with Crippen LogP contribution >= 0.6 is 23.2 Å².